The summed E-state index contributed by atoms with van der Waals surface area (Å²) >= 11 is 0. The average Bonchev–Trinajstić information content (AvgIpc) is 2.83. The Morgan fingerprint density at radius 3 is 2.55 bits per heavy atom. The summed E-state index contributed by atoms with van der Waals surface area (Å²) in [5.74, 6) is 1.51. The van der Waals surface area contributed by atoms with Crippen molar-refractivity contribution in [2.24, 2.45) is 7.05 Å². The van der Waals surface area contributed by atoms with Crippen molar-refractivity contribution >= 4 is 5.78 Å². The van der Waals surface area contributed by atoms with Gasteiger partial charge in [0.05, 0.1) is 7.11 Å². The summed E-state index contributed by atoms with van der Waals surface area (Å²) in [4.78, 5) is 16.7. The maximum Gasteiger partial charge on any atom is 0.228 e. The molecule has 0 unspecified atom stereocenters. The van der Waals surface area contributed by atoms with Crippen molar-refractivity contribution in [2.45, 2.75) is 26.7 Å². The smallest absolute Gasteiger partial charge is 0.228 e. The lowest BCUT2D eigenvalue weighted by atomic mass is 9.94. The summed E-state index contributed by atoms with van der Waals surface area (Å²) < 4.78 is 7.14. The number of carbonyl (C=O) groups is 1. The van der Waals surface area contributed by atoms with E-state index in [-0.39, 0.29) is 5.78 Å². The van der Waals surface area contributed by atoms with E-state index in [2.05, 4.69) is 18.8 Å². The third-order valence-corrected chi connectivity index (χ3v) is 3.47. The Bertz CT molecular complexity index is 642. The summed E-state index contributed by atoms with van der Waals surface area (Å²) in [6, 6.07) is 3.85. The molecule has 0 radical (unpaired) electrons. The van der Waals surface area contributed by atoms with Crippen molar-refractivity contribution in [3.8, 4) is 5.75 Å². The molecule has 0 N–H and O–H groups in total. The van der Waals surface area contributed by atoms with E-state index in [4.69, 9.17) is 4.74 Å². The van der Waals surface area contributed by atoms with Gasteiger partial charge in [-0.25, -0.2) is 4.98 Å². The van der Waals surface area contributed by atoms with E-state index < -0.39 is 0 Å². The number of rotatable bonds is 4. The number of ether oxygens (including phenoxy) is 1. The van der Waals surface area contributed by atoms with Crippen LogP contribution < -0.4 is 4.74 Å². The van der Waals surface area contributed by atoms with Crippen molar-refractivity contribution < 1.29 is 9.53 Å². The molecule has 0 saturated carbocycles. The molecule has 0 bridgehead atoms. The fourth-order valence-electron chi connectivity index (χ4n) is 2.28. The number of nitrogens with zero attached hydrogens (tertiary/aromatic N) is 2. The molecule has 0 atom stereocenters. The lowest BCUT2D eigenvalue weighted by molar-refractivity contribution is 0.102. The number of aryl methyl sites for hydroxylation is 2. The zero-order chi connectivity index (χ0) is 14.9. The molecule has 0 fully saturated rings. The van der Waals surface area contributed by atoms with Gasteiger partial charge < -0.3 is 9.30 Å². The van der Waals surface area contributed by atoms with Crippen LogP contribution in [0.4, 0.5) is 0 Å². The van der Waals surface area contributed by atoms with Crippen LogP contribution in [0.2, 0.25) is 0 Å². The molecule has 1 heterocycles. The van der Waals surface area contributed by atoms with Gasteiger partial charge in [-0.1, -0.05) is 13.8 Å². The van der Waals surface area contributed by atoms with Crippen LogP contribution >= 0.6 is 0 Å². The minimum Gasteiger partial charge on any atom is -0.496 e. The quantitative estimate of drug-likeness (QED) is 0.803. The standard InChI is InChI=1S/C16H20N2O2/c1-10(2)12-9-13(11(3)8-14(12)20-5)15(19)16-17-6-7-18(16)4/h6-10H,1-5H3. The molecule has 4 heteroatoms. The van der Waals surface area contributed by atoms with E-state index in [0.29, 0.717) is 17.3 Å². The molecule has 0 amide bonds. The highest BCUT2D eigenvalue weighted by molar-refractivity contribution is 6.08. The first-order valence-electron chi connectivity index (χ1n) is 6.66. The number of hydrogen-bond donors (Lipinski definition) is 0. The predicted octanol–water partition coefficient (Wildman–Crippen LogP) is 3.09. The molecular weight excluding hydrogens is 252 g/mol. The second-order valence-electron chi connectivity index (χ2n) is 5.25. The normalized spacial score (nSPS) is 10.9. The molecule has 2 rings (SSSR count). The van der Waals surface area contributed by atoms with Crippen LogP contribution in [0.5, 0.6) is 5.75 Å². The lowest BCUT2D eigenvalue weighted by Crippen LogP contribution is -2.11. The van der Waals surface area contributed by atoms with Gasteiger partial charge in [0.2, 0.25) is 5.78 Å². The zero-order valence-corrected chi connectivity index (χ0v) is 12.6. The van der Waals surface area contributed by atoms with Gasteiger partial charge >= 0.3 is 0 Å². The van der Waals surface area contributed by atoms with Gasteiger partial charge in [-0.2, -0.15) is 0 Å². The fourth-order valence-corrected chi connectivity index (χ4v) is 2.28. The molecule has 106 valence electrons. The van der Waals surface area contributed by atoms with Gasteiger partial charge in [-0.15, -0.1) is 0 Å². The van der Waals surface area contributed by atoms with Crippen LogP contribution in [0.1, 0.15) is 47.1 Å². The molecule has 1 aromatic carbocycles. The van der Waals surface area contributed by atoms with E-state index in [1.54, 1.807) is 24.1 Å². The van der Waals surface area contributed by atoms with E-state index in [1.165, 1.54) is 0 Å². The summed E-state index contributed by atoms with van der Waals surface area (Å²) in [6.07, 6.45) is 3.41. The molecule has 20 heavy (non-hydrogen) atoms. The molecule has 1 aromatic heterocycles. The predicted molar refractivity (Wildman–Crippen MR) is 78.5 cm³/mol. The van der Waals surface area contributed by atoms with Crippen LogP contribution in [0, 0.1) is 6.92 Å². The first-order valence-corrected chi connectivity index (χ1v) is 6.66. The van der Waals surface area contributed by atoms with Crippen LogP contribution in [-0.2, 0) is 7.05 Å². The highest BCUT2D eigenvalue weighted by atomic mass is 16.5. The summed E-state index contributed by atoms with van der Waals surface area (Å²) in [5, 5.41) is 0. The topological polar surface area (TPSA) is 44.1 Å². The number of hydrogen-bond acceptors (Lipinski definition) is 3. The van der Waals surface area contributed by atoms with Crippen molar-refractivity contribution in [1.29, 1.82) is 0 Å². The number of aromatic nitrogens is 2. The first kappa shape index (κ1) is 14.3. The van der Waals surface area contributed by atoms with Gasteiger partial charge in [0, 0.05) is 25.0 Å². The van der Waals surface area contributed by atoms with Crippen molar-refractivity contribution in [2.75, 3.05) is 7.11 Å². The highest BCUT2D eigenvalue weighted by Crippen LogP contribution is 2.30. The van der Waals surface area contributed by atoms with Gasteiger partial charge in [-0.05, 0) is 36.1 Å². The van der Waals surface area contributed by atoms with Gasteiger partial charge in [0.25, 0.3) is 0 Å². The Kier molecular flexibility index (Phi) is 3.93. The van der Waals surface area contributed by atoms with Crippen LogP contribution in [0.15, 0.2) is 24.5 Å². The molecule has 0 spiro atoms. The van der Waals surface area contributed by atoms with E-state index in [1.807, 2.05) is 26.1 Å². The van der Waals surface area contributed by atoms with E-state index in [0.717, 1.165) is 16.9 Å². The Morgan fingerprint density at radius 2 is 2.05 bits per heavy atom. The van der Waals surface area contributed by atoms with E-state index >= 15 is 0 Å². The second-order valence-corrected chi connectivity index (χ2v) is 5.25. The monoisotopic (exact) mass is 272 g/mol. The van der Waals surface area contributed by atoms with Crippen molar-refractivity contribution in [3.63, 3.8) is 0 Å². The highest BCUT2D eigenvalue weighted by Gasteiger charge is 2.19. The van der Waals surface area contributed by atoms with Gasteiger partial charge in [0.15, 0.2) is 5.82 Å². The Balaban J connectivity index is 2.55. The molecule has 0 saturated heterocycles. The third kappa shape index (κ3) is 2.46. The summed E-state index contributed by atoms with van der Waals surface area (Å²) in [6.45, 7) is 6.09. The molecule has 4 nitrogen and oxygen atoms in total. The number of benzene rings is 1. The van der Waals surface area contributed by atoms with Crippen LogP contribution in [0.25, 0.3) is 0 Å². The average molecular weight is 272 g/mol. The molecule has 0 aliphatic carbocycles. The molecule has 0 aliphatic rings. The number of carbonyl (C=O) groups excluding carboxylic acids is 1. The largest absolute Gasteiger partial charge is 0.496 e. The SMILES string of the molecule is COc1cc(C)c(C(=O)c2nccn2C)cc1C(C)C. The molecular formula is C16H20N2O2. The van der Waals surface area contributed by atoms with Gasteiger partial charge in [0.1, 0.15) is 5.75 Å². The molecule has 0 aliphatic heterocycles. The maximum absolute atomic E-state index is 12.6. The Hall–Kier alpha value is -2.10. The van der Waals surface area contributed by atoms with Gasteiger partial charge in [-0.3, -0.25) is 4.79 Å². The second kappa shape index (κ2) is 5.49. The van der Waals surface area contributed by atoms with Crippen LogP contribution in [0.3, 0.4) is 0 Å². The Labute approximate surface area is 119 Å². The van der Waals surface area contributed by atoms with E-state index in [9.17, 15) is 4.79 Å². The minimum atomic E-state index is -0.0560. The number of methoxy groups -OCH3 is 1. The van der Waals surface area contributed by atoms with Crippen molar-refractivity contribution in [1.82, 2.24) is 9.55 Å². The van der Waals surface area contributed by atoms with Crippen LogP contribution in [-0.4, -0.2) is 22.4 Å². The third-order valence-electron chi connectivity index (χ3n) is 3.47. The van der Waals surface area contributed by atoms with Crippen molar-refractivity contribution in [3.05, 3.63) is 47.0 Å². The first-order chi connectivity index (χ1) is 9.45. The molecule has 2 aromatic rings. The number of imidazole rings is 1. The maximum atomic E-state index is 12.6. The zero-order valence-electron chi connectivity index (χ0n) is 12.6. The number of ketones is 1. The lowest BCUT2D eigenvalue weighted by Gasteiger charge is -2.15. The fraction of sp³-hybridized carbons (Fsp3) is 0.375. The summed E-state index contributed by atoms with van der Waals surface area (Å²) in [7, 11) is 3.48. The Morgan fingerprint density at radius 1 is 1.35 bits per heavy atom. The minimum absolute atomic E-state index is 0.0560. The summed E-state index contributed by atoms with van der Waals surface area (Å²) in [5.41, 5.74) is 2.62.